The summed E-state index contributed by atoms with van der Waals surface area (Å²) in [5, 5.41) is 0. The van der Waals surface area contributed by atoms with E-state index >= 15 is 0 Å². The smallest absolute Gasteiger partial charge is 0.337 e. The largest absolute Gasteiger partial charge is 0.463 e. The zero-order valence-corrected chi connectivity index (χ0v) is 14.4. The molecule has 24 heavy (non-hydrogen) atoms. The monoisotopic (exact) mass is 322 g/mol. The molecule has 0 saturated heterocycles. The van der Waals surface area contributed by atoms with Crippen LogP contribution in [0.4, 0.5) is 0 Å². The van der Waals surface area contributed by atoms with Crippen LogP contribution >= 0.6 is 0 Å². The summed E-state index contributed by atoms with van der Waals surface area (Å²) in [6.07, 6.45) is 7.95. The lowest BCUT2D eigenvalue weighted by Crippen LogP contribution is -2.17. The topological polar surface area (TPSA) is 29.5 Å². The average Bonchev–Trinajstić information content (AvgIpc) is 3.46. The van der Waals surface area contributed by atoms with E-state index < -0.39 is 0 Å². The van der Waals surface area contributed by atoms with Gasteiger partial charge in [-0.15, -0.1) is 0 Å². The van der Waals surface area contributed by atoms with Crippen molar-refractivity contribution in [3.63, 3.8) is 0 Å². The van der Waals surface area contributed by atoms with E-state index in [4.69, 9.17) is 4.74 Å². The van der Waals surface area contributed by atoms with Gasteiger partial charge in [0, 0.05) is 19.8 Å². The Bertz CT molecular complexity index is 666. The molecule has 0 amide bonds. The van der Waals surface area contributed by atoms with Gasteiger partial charge in [-0.1, -0.05) is 36.1 Å². The highest BCUT2D eigenvalue weighted by Crippen LogP contribution is 2.32. The first kappa shape index (κ1) is 16.6. The fraction of sp³-hybridized carbons (Fsp3) is 0.429. The first-order valence-corrected chi connectivity index (χ1v) is 8.67. The summed E-state index contributed by atoms with van der Waals surface area (Å²) in [6, 6.07) is 8.78. The standard InChI is InChI=1S/C21H24NO2/c1-3-24-21(23)20(19-12-13-19)15-22(2)14-18-10-8-17(9-11-18)7-6-16-4-5-16/h4,8-11,15-16,19H,3,5-7,14H2,1-2H3/b20-15+. The number of nitrogens with zero attached hydrogens (tertiary/aromatic N) is 1. The average molecular weight is 322 g/mol. The molecule has 1 unspecified atom stereocenters. The van der Waals surface area contributed by atoms with Crippen molar-refractivity contribution in [1.29, 1.82) is 0 Å². The SMILES string of the molecule is CCOC(=O)/C(=C/N(C)Cc1ccc(CCC2[CH]C2)cc1)C1C#C1. The van der Waals surface area contributed by atoms with Crippen LogP contribution in [0.25, 0.3) is 0 Å². The van der Waals surface area contributed by atoms with Gasteiger partial charge in [0.05, 0.1) is 12.2 Å². The van der Waals surface area contributed by atoms with Crippen LogP contribution < -0.4 is 0 Å². The van der Waals surface area contributed by atoms with Gasteiger partial charge in [-0.05, 0) is 49.7 Å². The van der Waals surface area contributed by atoms with E-state index in [0.717, 1.165) is 18.9 Å². The maximum absolute atomic E-state index is 12.0. The van der Waals surface area contributed by atoms with Gasteiger partial charge in [0.2, 0.25) is 0 Å². The summed E-state index contributed by atoms with van der Waals surface area (Å²) in [7, 11) is 1.97. The third-order valence-electron chi connectivity index (χ3n) is 4.30. The summed E-state index contributed by atoms with van der Waals surface area (Å²) in [5.41, 5.74) is 3.24. The second kappa shape index (κ2) is 7.57. The van der Waals surface area contributed by atoms with E-state index in [0.29, 0.717) is 12.2 Å². The van der Waals surface area contributed by atoms with Crippen LogP contribution in [0.2, 0.25) is 0 Å². The summed E-state index contributed by atoms with van der Waals surface area (Å²) in [5.74, 6) is 6.33. The number of hydrogen-bond acceptors (Lipinski definition) is 3. The maximum Gasteiger partial charge on any atom is 0.337 e. The highest BCUT2D eigenvalue weighted by atomic mass is 16.5. The number of ether oxygens (including phenoxy) is 1. The van der Waals surface area contributed by atoms with Gasteiger partial charge in [0.15, 0.2) is 0 Å². The number of carbonyl (C=O) groups is 1. The van der Waals surface area contributed by atoms with E-state index in [1.54, 1.807) is 0 Å². The predicted molar refractivity (Wildman–Crippen MR) is 94.6 cm³/mol. The Balaban J connectivity index is 1.55. The number of carbonyl (C=O) groups excluding carboxylic acids is 1. The Morgan fingerprint density at radius 1 is 1.29 bits per heavy atom. The summed E-state index contributed by atoms with van der Waals surface area (Å²) in [4.78, 5) is 14.0. The van der Waals surface area contributed by atoms with Crippen molar-refractivity contribution < 1.29 is 9.53 Å². The van der Waals surface area contributed by atoms with Gasteiger partial charge in [-0.25, -0.2) is 4.79 Å². The zero-order valence-electron chi connectivity index (χ0n) is 14.4. The van der Waals surface area contributed by atoms with E-state index in [2.05, 4.69) is 42.5 Å². The normalized spacial score (nSPS) is 16.3. The predicted octanol–water partition coefficient (Wildman–Crippen LogP) is 3.36. The molecule has 3 heteroatoms. The lowest BCUT2D eigenvalue weighted by molar-refractivity contribution is -0.138. The van der Waals surface area contributed by atoms with E-state index in [1.807, 2.05) is 25.1 Å². The number of hydrogen-bond donors (Lipinski definition) is 0. The summed E-state index contributed by atoms with van der Waals surface area (Å²) < 4.78 is 5.11. The molecular formula is C21H24NO2. The highest BCUT2D eigenvalue weighted by Gasteiger charge is 2.25. The van der Waals surface area contributed by atoms with Crippen LogP contribution in [0.5, 0.6) is 0 Å². The molecule has 0 N–H and O–H groups in total. The fourth-order valence-electron chi connectivity index (χ4n) is 2.72. The van der Waals surface area contributed by atoms with Crippen molar-refractivity contribution >= 4 is 5.97 Å². The minimum Gasteiger partial charge on any atom is -0.463 e. The molecule has 0 heterocycles. The molecule has 1 aromatic carbocycles. The zero-order chi connectivity index (χ0) is 16.9. The van der Waals surface area contributed by atoms with Gasteiger partial charge in [-0.3, -0.25) is 0 Å². The summed E-state index contributed by atoms with van der Waals surface area (Å²) >= 11 is 0. The van der Waals surface area contributed by atoms with Crippen LogP contribution in [0, 0.1) is 30.1 Å². The molecule has 0 aliphatic heterocycles. The van der Waals surface area contributed by atoms with Crippen molar-refractivity contribution in [2.24, 2.45) is 11.8 Å². The Morgan fingerprint density at radius 2 is 1.96 bits per heavy atom. The minimum absolute atomic E-state index is 0.104. The van der Waals surface area contributed by atoms with Crippen LogP contribution in [0.3, 0.4) is 0 Å². The minimum atomic E-state index is -0.279. The molecular weight excluding hydrogens is 298 g/mol. The molecule has 2 aliphatic rings. The quantitative estimate of drug-likeness (QED) is 0.397. The molecule has 3 rings (SSSR count). The Kier molecular flexibility index (Phi) is 5.25. The number of aryl methyl sites for hydroxylation is 1. The number of benzene rings is 1. The van der Waals surface area contributed by atoms with Gasteiger partial charge >= 0.3 is 5.97 Å². The van der Waals surface area contributed by atoms with Crippen molar-refractivity contribution in [1.82, 2.24) is 4.90 Å². The molecule has 1 aromatic rings. The van der Waals surface area contributed by atoms with E-state index in [9.17, 15) is 4.79 Å². The third kappa shape index (κ3) is 4.89. The van der Waals surface area contributed by atoms with Crippen LogP contribution in [0.1, 0.15) is 30.9 Å². The van der Waals surface area contributed by atoms with Crippen molar-refractivity contribution in [3.8, 4) is 11.8 Å². The molecule has 1 fully saturated rings. The Hall–Kier alpha value is -2.21. The number of esters is 1. The Labute approximate surface area is 144 Å². The maximum atomic E-state index is 12.0. The molecule has 0 bridgehead atoms. The molecule has 3 nitrogen and oxygen atoms in total. The Morgan fingerprint density at radius 3 is 2.54 bits per heavy atom. The number of rotatable bonds is 9. The van der Waals surface area contributed by atoms with Gasteiger partial charge in [0.1, 0.15) is 5.92 Å². The van der Waals surface area contributed by atoms with Crippen LogP contribution in [-0.4, -0.2) is 24.5 Å². The third-order valence-corrected chi connectivity index (χ3v) is 4.30. The molecule has 1 atom stereocenters. The molecule has 0 spiro atoms. The molecule has 0 aromatic heterocycles. The van der Waals surface area contributed by atoms with Crippen molar-refractivity contribution in [2.75, 3.05) is 13.7 Å². The van der Waals surface area contributed by atoms with Crippen molar-refractivity contribution in [3.05, 3.63) is 53.6 Å². The highest BCUT2D eigenvalue weighted by molar-refractivity contribution is 5.91. The summed E-state index contributed by atoms with van der Waals surface area (Å²) in [6.45, 7) is 2.95. The first-order chi connectivity index (χ1) is 11.7. The van der Waals surface area contributed by atoms with E-state index in [-0.39, 0.29) is 11.9 Å². The first-order valence-electron chi connectivity index (χ1n) is 8.67. The van der Waals surface area contributed by atoms with Gasteiger partial charge in [-0.2, -0.15) is 0 Å². The van der Waals surface area contributed by atoms with Crippen molar-refractivity contribution in [2.45, 2.75) is 32.7 Å². The van der Waals surface area contributed by atoms with Gasteiger partial charge in [0.25, 0.3) is 0 Å². The fourth-order valence-corrected chi connectivity index (χ4v) is 2.72. The molecule has 2 aliphatic carbocycles. The van der Waals surface area contributed by atoms with Crippen LogP contribution in [0.15, 0.2) is 36.0 Å². The lowest BCUT2D eigenvalue weighted by atomic mass is 10.1. The molecule has 125 valence electrons. The lowest BCUT2D eigenvalue weighted by Gasteiger charge is -2.16. The second-order valence-corrected chi connectivity index (χ2v) is 6.53. The van der Waals surface area contributed by atoms with Gasteiger partial charge < -0.3 is 9.64 Å². The van der Waals surface area contributed by atoms with Crippen LogP contribution in [-0.2, 0) is 22.5 Å². The molecule has 1 saturated carbocycles. The second-order valence-electron chi connectivity index (χ2n) is 6.53. The molecule has 1 radical (unpaired) electrons. The van der Waals surface area contributed by atoms with E-state index in [1.165, 1.54) is 24.0 Å².